The summed E-state index contributed by atoms with van der Waals surface area (Å²) in [5.41, 5.74) is 1.71. The second kappa shape index (κ2) is 6.33. The number of aryl methyl sites for hydroxylation is 1. The molecule has 20 heavy (non-hydrogen) atoms. The summed E-state index contributed by atoms with van der Waals surface area (Å²) in [6.45, 7) is 3.72. The minimum absolute atomic E-state index is 0.00736. The molecule has 1 aliphatic carbocycles. The number of benzene rings is 1. The number of nitrogens with zero attached hydrogens (tertiary/aromatic N) is 1. The van der Waals surface area contributed by atoms with Crippen molar-refractivity contribution in [2.75, 3.05) is 0 Å². The third kappa shape index (κ3) is 3.35. The van der Waals surface area contributed by atoms with E-state index in [-0.39, 0.29) is 28.8 Å². The first-order valence-electron chi connectivity index (χ1n) is 7.18. The molecule has 1 aromatic rings. The highest BCUT2D eigenvalue weighted by Gasteiger charge is 2.25. The maximum atomic E-state index is 11.0. The molecule has 0 aliphatic heterocycles. The summed E-state index contributed by atoms with van der Waals surface area (Å²) in [6.07, 6.45) is 3.67. The fourth-order valence-electron chi connectivity index (χ4n) is 2.82. The Morgan fingerprint density at radius 2 is 2.10 bits per heavy atom. The van der Waals surface area contributed by atoms with Gasteiger partial charge in [-0.25, -0.2) is 0 Å². The summed E-state index contributed by atoms with van der Waals surface area (Å²) >= 11 is 0. The van der Waals surface area contributed by atoms with Crippen molar-refractivity contribution in [3.05, 3.63) is 39.4 Å². The molecule has 0 spiro atoms. The standard InChI is InChI=1S/C15H22N2O3/c1-10-7-8-12(9-14(10)17(19)20)11(2)16-13-5-3-4-6-15(13)18/h7-9,11,13,15-16,18H,3-6H2,1-2H3. The van der Waals surface area contributed by atoms with Gasteiger partial charge in [-0.2, -0.15) is 0 Å². The zero-order chi connectivity index (χ0) is 14.7. The van der Waals surface area contributed by atoms with Crippen LogP contribution >= 0.6 is 0 Å². The first-order chi connectivity index (χ1) is 9.49. The van der Waals surface area contributed by atoms with E-state index in [4.69, 9.17) is 0 Å². The lowest BCUT2D eigenvalue weighted by molar-refractivity contribution is -0.385. The highest BCUT2D eigenvalue weighted by molar-refractivity contribution is 5.43. The zero-order valence-corrected chi connectivity index (χ0v) is 12.0. The molecule has 110 valence electrons. The Bertz CT molecular complexity index is 490. The second-order valence-electron chi connectivity index (χ2n) is 5.65. The smallest absolute Gasteiger partial charge is 0.272 e. The Kier molecular flexibility index (Phi) is 4.73. The molecule has 2 rings (SSSR count). The van der Waals surface area contributed by atoms with Crippen LogP contribution in [-0.2, 0) is 0 Å². The SMILES string of the molecule is Cc1ccc(C(C)NC2CCCCC2O)cc1[N+](=O)[O-]. The maximum Gasteiger partial charge on any atom is 0.272 e. The number of rotatable bonds is 4. The summed E-state index contributed by atoms with van der Waals surface area (Å²) in [4.78, 5) is 10.6. The largest absolute Gasteiger partial charge is 0.392 e. The molecule has 0 heterocycles. The predicted molar refractivity (Wildman–Crippen MR) is 77.6 cm³/mol. The second-order valence-corrected chi connectivity index (χ2v) is 5.65. The highest BCUT2D eigenvalue weighted by Crippen LogP contribution is 2.25. The van der Waals surface area contributed by atoms with Crippen molar-refractivity contribution in [1.82, 2.24) is 5.32 Å². The van der Waals surface area contributed by atoms with Crippen LogP contribution in [0.5, 0.6) is 0 Å². The molecule has 5 nitrogen and oxygen atoms in total. The van der Waals surface area contributed by atoms with E-state index in [0.717, 1.165) is 31.2 Å². The van der Waals surface area contributed by atoms with E-state index in [9.17, 15) is 15.2 Å². The van der Waals surface area contributed by atoms with E-state index in [1.54, 1.807) is 19.1 Å². The van der Waals surface area contributed by atoms with Crippen LogP contribution in [0.15, 0.2) is 18.2 Å². The molecule has 1 aromatic carbocycles. The van der Waals surface area contributed by atoms with Gasteiger partial charge in [-0.3, -0.25) is 10.1 Å². The van der Waals surface area contributed by atoms with Gasteiger partial charge in [0.1, 0.15) is 0 Å². The molecular weight excluding hydrogens is 256 g/mol. The molecule has 0 saturated heterocycles. The zero-order valence-electron chi connectivity index (χ0n) is 12.0. The van der Waals surface area contributed by atoms with Crippen LogP contribution < -0.4 is 5.32 Å². The van der Waals surface area contributed by atoms with Crippen molar-refractivity contribution >= 4 is 5.69 Å². The van der Waals surface area contributed by atoms with Crippen LogP contribution in [0.3, 0.4) is 0 Å². The van der Waals surface area contributed by atoms with Crippen LogP contribution in [0.4, 0.5) is 5.69 Å². The Morgan fingerprint density at radius 3 is 2.75 bits per heavy atom. The van der Waals surface area contributed by atoms with Gasteiger partial charge in [0.2, 0.25) is 0 Å². The Morgan fingerprint density at radius 1 is 1.40 bits per heavy atom. The summed E-state index contributed by atoms with van der Waals surface area (Å²) in [7, 11) is 0. The van der Waals surface area contributed by atoms with Crippen molar-refractivity contribution in [2.45, 2.75) is 57.7 Å². The van der Waals surface area contributed by atoms with Gasteiger partial charge < -0.3 is 10.4 Å². The summed E-state index contributed by atoms with van der Waals surface area (Å²) in [5, 5.41) is 24.4. The lowest BCUT2D eigenvalue weighted by atomic mass is 9.91. The van der Waals surface area contributed by atoms with Crippen molar-refractivity contribution < 1.29 is 10.0 Å². The molecule has 0 aromatic heterocycles. The van der Waals surface area contributed by atoms with E-state index < -0.39 is 0 Å². The maximum absolute atomic E-state index is 11.0. The number of aliphatic hydroxyl groups excluding tert-OH is 1. The average molecular weight is 278 g/mol. The normalized spacial score (nSPS) is 24.4. The van der Waals surface area contributed by atoms with Gasteiger partial charge in [-0.1, -0.05) is 25.0 Å². The van der Waals surface area contributed by atoms with Crippen molar-refractivity contribution in [3.8, 4) is 0 Å². The van der Waals surface area contributed by atoms with E-state index >= 15 is 0 Å². The molecular formula is C15H22N2O3. The fraction of sp³-hybridized carbons (Fsp3) is 0.600. The molecule has 5 heteroatoms. The van der Waals surface area contributed by atoms with Crippen LogP contribution in [0.2, 0.25) is 0 Å². The number of nitro groups is 1. The molecule has 1 saturated carbocycles. The molecule has 1 fully saturated rings. The van der Waals surface area contributed by atoms with E-state index in [1.807, 2.05) is 13.0 Å². The van der Waals surface area contributed by atoms with E-state index in [0.29, 0.717) is 5.56 Å². The molecule has 1 aliphatic rings. The molecule has 0 bridgehead atoms. The van der Waals surface area contributed by atoms with Gasteiger partial charge in [-0.05, 0) is 32.3 Å². The van der Waals surface area contributed by atoms with Crippen molar-refractivity contribution in [2.24, 2.45) is 0 Å². The van der Waals surface area contributed by atoms with Gasteiger partial charge in [0.05, 0.1) is 11.0 Å². The lowest BCUT2D eigenvalue weighted by Gasteiger charge is -2.31. The molecule has 0 amide bonds. The van der Waals surface area contributed by atoms with E-state index in [1.165, 1.54) is 0 Å². The summed E-state index contributed by atoms with van der Waals surface area (Å²) in [6, 6.07) is 5.39. The lowest BCUT2D eigenvalue weighted by Crippen LogP contribution is -2.43. The minimum Gasteiger partial charge on any atom is -0.392 e. The predicted octanol–water partition coefficient (Wildman–Crippen LogP) is 2.86. The number of nitrogens with one attached hydrogen (secondary N) is 1. The molecule has 3 atom stereocenters. The quantitative estimate of drug-likeness (QED) is 0.656. The number of hydrogen-bond acceptors (Lipinski definition) is 4. The monoisotopic (exact) mass is 278 g/mol. The summed E-state index contributed by atoms with van der Waals surface area (Å²) in [5.74, 6) is 0. The topological polar surface area (TPSA) is 75.4 Å². The Balaban J connectivity index is 2.10. The first-order valence-corrected chi connectivity index (χ1v) is 7.18. The Hall–Kier alpha value is -1.46. The third-order valence-electron chi connectivity index (χ3n) is 4.12. The average Bonchev–Trinajstić information content (AvgIpc) is 2.41. The highest BCUT2D eigenvalue weighted by atomic mass is 16.6. The van der Waals surface area contributed by atoms with E-state index in [2.05, 4.69) is 5.32 Å². The van der Waals surface area contributed by atoms with Crippen LogP contribution in [-0.4, -0.2) is 22.2 Å². The number of hydrogen-bond donors (Lipinski definition) is 2. The number of nitro benzene ring substituents is 1. The Labute approximate surface area is 119 Å². The van der Waals surface area contributed by atoms with Gasteiger partial charge in [0.15, 0.2) is 0 Å². The van der Waals surface area contributed by atoms with Gasteiger partial charge in [0.25, 0.3) is 5.69 Å². The van der Waals surface area contributed by atoms with Crippen molar-refractivity contribution in [3.63, 3.8) is 0 Å². The van der Waals surface area contributed by atoms with Crippen molar-refractivity contribution in [1.29, 1.82) is 0 Å². The van der Waals surface area contributed by atoms with Gasteiger partial charge in [0, 0.05) is 23.7 Å². The third-order valence-corrected chi connectivity index (χ3v) is 4.12. The molecule has 0 radical (unpaired) electrons. The molecule has 3 unspecified atom stereocenters. The van der Waals surface area contributed by atoms with Crippen LogP contribution in [0.25, 0.3) is 0 Å². The number of aliphatic hydroxyl groups is 1. The fourth-order valence-corrected chi connectivity index (χ4v) is 2.82. The summed E-state index contributed by atoms with van der Waals surface area (Å²) < 4.78 is 0. The van der Waals surface area contributed by atoms with Crippen LogP contribution in [0.1, 0.15) is 49.8 Å². The molecule has 2 N–H and O–H groups in total. The van der Waals surface area contributed by atoms with Gasteiger partial charge >= 0.3 is 0 Å². The van der Waals surface area contributed by atoms with Gasteiger partial charge in [-0.15, -0.1) is 0 Å². The first kappa shape index (κ1) is 14.9. The van der Waals surface area contributed by atoms with Crippen LogP contribution in [0, 0.1) is 17.0 Å². The minimum atomic E-state index is -0.346.